The number of esters is 2. The third-order valence-electron chi connectivity index (χ3n) is 2.80. The summed E-state index contributed by atoms with van der Waals surface area (Å²) in [6.45, 7) is 3.27. The molecule has 0 radical (unpaired) electrons. The second kappa shape index (κ2) is 10.3. The predicted octanol–water partition coefficient (Wildman–Crippen LogP) is 2.11. The second-order valence-electron chi connectivity index (χ2n) is 4.48. The van der Waals surface area contributed by atoms with Gasteiger partial charge < -0.3 is 14.6 Å². The Hall–Kier alpha value is -2.40. The maximum absolute atomic E-state index is 11.7. The smallest absolute Gasteiger partial charge is 0.331 e. The maximum Gasteiger partial charge on any atom is 0.331 e. The van der Waals surface area contributed by atoms with E-state index in [4.69, 9.17) is 14.6 Å². The van der Waals surface area contributed by atoms with Gasteiger partial charge in [0.2, 0.25) is 0 Å². The Kier molecular flexibility index (Phi) is 8.30. The van der Waals surface area contributed by atoms with Gasteiger partial charge in [-0.15, -0.1) is 0 Å². The van der Waals surface area contributed by atoms with Crippen LogP contribution >= 0.6 is 0 Å². The molecule has 0 amide bonds. The normalized spacial score (nSPS) is 11.9. The zero-order chi connectivity index (χ0) is 16.2. The lowest BCUT2D eigenvalue weighted by molar-refractivity contribution is -0.145. The number of benzene rings is 1. The van der Waals surface area contributed by atoms with E-state index < -0.39 is 18.0 Å². The van der Waals surface area contributed by atoms with Gasteiger partial charge >= 0.3 is 11.9 Å². The van der Waals surface area contributed by atoms with Crippen LogP contribution in [-0.4, -0.2) is 36.4 Å². The summed E-state index contributed by atoms with van der Waals surface area (Å²) < 4.78 is 10.1. The summed E-state index contributed by atoms with van der Waals surface area (Å²) in [4.78, 5) is 22.7. The van der Waals surface area contributed by atoms with Gasteiger partial charge in [0.05, 0.1) is 6.61 Å². The summed E-state index contributed by atoms with van der Waals surface area (Å²) in [7, 11) is 0. The molecule has 0 saturated heterocycles. The van der Waals surface area contributed by atoms with Crippen molar-refractivity contribution in [2.75, 3.05) is 13.2 Å². The van der Waals surface area contributed by atoms with Crippen LogP contribution in [0, 0.1) is 0 Å². The van der Waals surface area contributed by atoms with Crippen molar-refractivity contribution in [3.8, 4) is 0 Å². The summed E-state index contributed by atoms with van der Waals surface area (Å²) in [5.74, 6) is -1.03. The predicted molar refractivity (Wildman–Crippen MR) is 82.8 cm³/mol. The van der Waals surface area contributed by atoms with Crippen LogP contribution in [0.25, 0.3) is 6.08 Å². The van der Waals surface area contributed by atoms with E-state index in [1.54, 1.807) is 6.08 Å². The number of rotatable bonds is 9. The molecule has 0 bridgehead atoms. The highest BCUT2D eigenvalue weighted by Gasteiger charge is 2.13. The van der Waals surface area contributed by atoms with Crippen LogP contribution in [0.5, 0.6) is 0 Å². The highest BCUT2D eigenvalue weighted by molar-refractivity contribution is 5.87. The number of carbonyl (C=O) groups is 2. The largest absolute Gasteiger partial charge is 0.462 e. The van der Waals surface area contributed by atoms with Gasteiger partial charge in [0.1, 0.15) is 6.10 Å². The van der Waals surface area contributed by atoms with Crippen LogP contribution in [0.15, 0.2) is 49.1 Å². The van der Waals surface area contributed by atoms with E-state index >= 15 is 0 Å². The molecule has 0 aromatic heterocycles. The van der Waals surface area contributed by atoms with Crippen molar-refractivity contribution in [1.82, 2.24) is 0 Å². The molecule has 1 aromatic carbocycles. The van der Waals surface area contributed by atoms with Gasteiger partial charge in [-0.2, -0.15) is 0 Å². The average molecular weight is 304 g/mol. The zero-order valence-corrected chi connectivity index (χ0v) is 12.3. The molecule has 1 aromatic rings. The van der Waals surface area contributed by atoms with E-state index in [1.165, 1.54) is 6.08 Å². The number of carbonyl (C=O) groups excluding carboxylic acids is 2. The number of hydrogen-bond acceptors (Lipinski definition) is 5. The Morgan fingerprint density at radius 3 is 2.55 bits per heavy atom. The van der Waals surface area contributed by atoms with Crippen molar-refractivity contribution in [2.24, 2.45) is 0 Å². The fourth-order valence-corrected chi connectivity index (χ4v) is 1.69. The molecule has 5 heteroatoms. The fourth-order valence-electron chi connectivity index (χ4n) is 1.69. The molecule has 5 nitrogen and oxygen atoms in total. The van der Waals surface area contributed by atoms with E-state index in [2.05, 4.69) is 6.58 Å². The molecule has 1 N–H and O–H groups in total. The lowest BCUT2D eigenvalue weighted by Gasteiger charge is -2.15. The fraction of sp³-hybridized carbons (Fsp3) is 0.294. The van der Waals surface area contributed by atoms with Gasteiger partial charge in [0.25, 0.3) is 0 Å². The third kappa shape index (κ3) is 7.40. The first-order valence-electron chi connectivity index (χ1n) is 6.99. The Bertz CT molecular complexity index is 507. The number of hydrogen-bond donors (Lipinski definition) is 1. The molecule has 0 aliphatic rings. The third-order valence-corrected chi connectivity index (χ3v) is 2.80. The lowest BCUT2D eigenvalue weighted by Crippen LogP contribution is -2.21. The van der Waals surface area contributed by atoms with Crippen molar-refractivity contribution in [1.29, 1.82) is 0 Å². The molecule has 0 aliphatic heterocycles. The van der Waals surface area contributed by atoms with Gasteiger partial charge in [0, 0.05) is 31.6 Å². The molecule has 1 atom stereocenters. The highest BCUT2D eigenvalue weighted by Crippen LogP contribution is 2.07. The first-order valence-corrected chi connectivity index (χ1v) is 6.99. The molecule has 0 spiro atoms. The summed E-state index contributed by atoms with van der Waals surface area (Å²) >= 11 is 0. The molecule has 1 rings (SSSR count). The first kappa shape index (κ1) is 17.7. The van der Waals surface area contributed by atoms with Gasteiger partial charge in [-0.3, -0.25) is 0 Å². The van der Waals surface area contributed by atoms with Gasteiger partial charge in [0.15, 0.2) is 0 Å². The monoisotopic (exact) mass is 304 g/mol. The number of ether oxygens (including phenoxy) is 2. The first-order chi connectivity index (χ1) is 10.7. The molecule has 22 heavy (non-hydrogen) atoms. The standard InChI is InChI=1S/C17H20O5/c1-2-16(19)21-13-11-15(10-12-18)22-17(20)9-8-14-6-4-3-5-7-14/h2-9,15,18H,1,10-13H2/b9-8+. The summed E-state index contributed by atoms with van der Waals surface area (Å²) in [5, 5.41) is 8.98. The molecule has 0 heterocycles. The molecule has 0 saturated carbocycles. The Morgan fingerprint density at radius 2 is 1.91 bits per heavy atom. The van der Waals surface area contributed by atoms with Gasteiger partial charge in [-0.05, 0) is 11.6 Å². The summed E-state index contributed by atoms with van der Waals surface area (Å²) in [5.41, 5.74) is 0.887. The van der Waals surface area contributed by atoms with Crippen LogP contribution in [0.3, 0.4) is 0 Å². The summed E-state index contributed by atoms with van der Waals surface area (Å²) in [6, 6.07) is 9.35. The zero-order valence-electron chi connectivity index (χ0n) is 12.3. The minimum atomic E-state index is -0.530. The van der Waals surface area contributed by atoms with E-state index in [-0.39, 0.29) is 19.6 Å². The maximum atomic E-state index is 11.7. The number of aliphatic hydroxyl groups is 1. The molecule has 118 valence electrons. The number of aliphatic hydroxyl groups excluding tert-OH is 1. The minimum absolute atomic E-state index is 0.102. The van der Waals surface area contributed by atoms with Crippen LogP contribution in [0.4, 0.5) is 0 Å². The van der Waals surface area contributed by atoms with E-state index in [0.29, 0.717) is 6.42 Å². The lowest BCUT2D eigenvalue weighted by atomic mass is 10.2. The SMILES string of the molecule is C=CC(=O)OCCC(CCO)OC(=O)/C=C/c1ccccc1. The molecule has 0 aliphatic carbocycles. The highest BCUT2D eigenvalue weighted by atomic mass is 16.6. The van der Waals surface area contributed by atoms with Crippen molar-refractivity contribution in [2.45, 2.75) is 18.9 Å². The Labute approximate surface area is 129 Å². The Balaban J connectivity index is 2.44. The van der Waals surface area contributed by atoms with Crippen molar-refractivity contribution in [3.05, 3.63) is 54.6 Å². The molecular formula is C17H20O5. The minimum Gasteiger partial charge on any atom is -0.462 e. The van der Waals surface area contributed by atoms with Crippen molar-refractivity contribution < 1.29 is 24.2 Å². The molecule has 1 unspecified atom stereocenters. The molecular weight excluding hydrogens is 284 g/mol. The second-order valence-corrected chi connectivity index (χ2v) is 4.48. The average Bonchev–Trinajstić information content (AvgIpc) is 2.54. The van der Waals surface area contributed by atoms with Crippen LogP contribution < -0.4 is 0 Å². The van der Waals surface area contributed by atoms with E-state index in [0.717, 1.165) is 11.6 Å². The van der Waals surface area contributed by atoms with Gasteiger partial charge in [-0.25, -0.2) is 9.59 Å². The van der Waals surface area contributed by atoms with E-state index in [9.17, 15) is 9.59 Å². The molecule has 0 fully saturated rings. The van der Waals surface area contributed by atoms with Crippen LogP contribution in [-0.2, 0) is 19.1 Å². The quantitative estimate of drug-likeness (QED) is 0.559. The van der Waals surface area contributed by atoms with Crippen molar-refractivity contribution in [3.63, 3.8) is 0 Å². The van der Waals surface area contributed by atoms with Crippen molar-refractivity contribution >= 4 is 18.0 Å². The van der Waals surface area contributed by atoms with Gasteiger partial charge in [-0.1, -0.05) is 36.9 Å². The van der Waals surface area contributed by atoms with E-state index in [1.807, 2.05) is 30.3 Å². The van der Waals surface area contributed by atoms with Crippen LogP contribution in [0.2, 0.25) is 0 Å². The Morgan fingerprint density at radius 1 is 1.18 bits per heavy atom. The van der Waals surface area contributed by atoms with Crippen LogP contribution in [0.1, 0.15) is 18.4 Å². The topological polar surface area (TPSA) is 72.8 Å². The summed E-state index contributed by atoms with van der Waals surface area (Å²) in [6.07, 6.45) is 4.15.